The van der Waals surface area contributed by atoms with Gasteiger partial charge in [-0.1, -0.05) is 27.5 Å². The van der Waals surface area contributed by atoms with Crippen LogP contribution in [0.3, 0.4) is 0 Å². The lowest BCUT2D eigenvalue weighted by atomic mass is 10.2. The van der Waals surface area contributed by atoms with E-state index in [1.165, 1.54) is 12.1 Å². The molecule has 2 rings (SSSR count). The van der Waals surface area contributed by atoms with E-state index >= 15 is 0 Å². The van der Waals surface area contributed by atoms with Crippen LogP contribution in [0.4, 0.5) is 5.69 Å². The molecule has 0 aromatic heterocycles. The van der Waals surface area contributed by atoms with Gasteiger partial charge in [0.15, 0.2) is 6.61 Å². The van der Waals surface area contributed by atoms with Crippen molar-refractivity contribution >= 4 is 55.1 Å². The molecule has 10 heteroatoms. The summed E-state index contributed by atoms with van der Waals surface area (Å²) in [5, 5.41) is 2.58. The lowest BCUT2D eigenvalue weighted by molar-refractivity contribution is -0.124. The summed E-state index contributed by atoms with van der Waals surface area (Å²) < 4.78 is 33.3. The number of amides is 1. The lowest BCUT2D eigenvalue weighted by Gasteiger charge is -2.11. The Balaban J connectivity index is 2.18. The molecule has 0 atom stereocenters. The molecule has 0 fully saturated rings. The van der Waals surface area contributed by atoms with Gasteiger partial charge in [0.25, 0.3) is 15.9 Å². The molecule has 0 saturated carbocycles. The van der Waals surface area contributed by atoms with Crippen molar-refractivity contribution < 1.29 is 22.7 Å². The number of sulfonamides is 1. The van der Waals surface area contributed by atoms with E-state index in [1.54, 1.807) is 38.1 Å². The zero-order valence-electron chi connectivity index (χ0n) is 15.0. The van der Waals surface area contributed by atoms with Crippen LogP contribution in [-0.2, 0) is 19.6 Å². The van der Waals surface area contributed by atoms with E-state index < -0.39 is 28.5 Å². The first-order valence-electron chi connectivity index (χ1n) is 8.13. The SMILES string of the molecule is CC(C)NC(=O)COC(=O)c1cc(S(=O)(=O)Nc2ccc(Br)cc2)ccc1Cl. The standard InChI is InChI=1S/C18H18BrClN2O5S/c1-11(2)21-17(23)10-27-18(24)15-9-14(7-8-16(15)20)28(25,26)22-13-5-3-12(19)4-6-13/h3-9,11,22H,10H2,1-2H3,(H,21,23). The molecule has 0 aliphatic heterocycles. The summed E-state index contributed by atoms with van der Waals surface area (Å²) in [6, 6.07) is 10.1. The monoisotopic (exact) mass is 488 g/mol. The van der Waals surface area contributed by atoms with Crippen LogP contribution in [0.15, 0.2) is 51.8 Å². The van der Waals surface area contributed by atoms with E-state index in [4.69, 9.17) is 16.3 Å². The Morgan fingerprint density at radius 1 is 1.14 bits per heavy atom. The van der Waals surface area contributed by atoms with E-state index in [-0.39, 0.29) is 21.5 Å². The van der Waals surface area contributed by atoms with Gasteiger partial charge < -0.3 is 10.1 Å². The fourth-order valence-electron chi connectivity index (χ4n) is 2.13. The molecule has 7 nitrogen and oxygen atoms in total. The van der Waals surface area contributed by atoms with Crippen LogP contribution in [0, 0.1) is 0 Å². The predicted octanol–water partition coefficient (Wildman–Crippen LogP) is 3.58. The van der Waals surface area contributed by atoms with Gasteiger partial charge in [-0.05, 0) is 56.3 Å². The van der Waals surface area contributed by atoms with Crippen molar-refractivity contribution in [3.8, 4) is 0 Å². The van der Waals surface area contributed by atoms with Gasteiger partial charge >= 0.3 is 5.97 Å². The normalized spacial score (nSPS) is 11.2. The van der Waals surface area contributed by atoms with Crippen molar-refractivity contribution in [3.63, 3.8) is 0 Å². The number of nitrogens with one attached hydrogen (secondary N) is 2. The third-order valence-corrected chi connectivity index (χ3v) is 5.59. The van der Waals surface area contributed by atoms with E-state index in [0.717, 1.165) is 10.5 Å². The molecular formula is C18H18BrClN2O5S. The Hall–Kier alpha value is -2.10. The number of hydrogen-bond donors (Lipinski definition) is 2. The van der Waals surface area contributed by atoms with Crippen molar-refractivity contribution in [2.24, 2.45) is 0 Å². The van der Waals surface area contributed by atoms with E-state index in [2.05, 4.69) is 26.0 Å². The summed E-state index contributed by atoms with van der Waals surface area (Å²) in [5.41, 5.74) is 0.199. The number of anilines is 1. The van der Waals surface area contributed by atoms with Gasteiger partial charge in [-0.25, -0.2) is 13.2 Å². The largest absolute Gasteiger partial charge is 0.452 e. The van der Waals surface area contributed by atoms with Crippen LogP contribution < -0.4 is 10.0 Å². The Kier molecular flexibility index (Phi) is 7.45. The summed E-state index contributed by atoms with van der Waals surface area (Å²) in [4.78, 5) is 23.7. The second kappa shape index (κ2) is 9.40. The third kappa shape index (κ3) is 6.22. The van der Waals surface area contributed by atoms with Crippen LogP contribution in [-0.4, -0.2) is 32.9 Å². The number of benzene rings is 2. The Morgan fingerprint density at radius 3 is 2.39 bits per heavy atom. The van der Waals surface area contributed by atoms with E-state index in [9.17, 15) is 18.0 Å². The Labute approximate surface area is 176 Å². The summed E-state index contributed by atoms with van der Waals surface area (Å²) in [6.45, 7) is 3.04. The minimum atomic E-state index is -3.96. The van der Waals surface area contributed by atoms with Crippen molar-refractivity contribution in [1.29, 1.82) is 0 Å². The summed E-state index contributed by atoms with van der Waals surface area (Å²) >= 11 is 9.27. The van der Waals surface area contributed by atoms with Crippen molar-refractivity contribution in [1.82, 2.24) is 5.32 Å². The smallest absolute Gasteiger partial charge is 0.340 e. The Morgan fingerprint density at radius 2 is 1.79 bits per heavy atom. The number of carbonyl (C=O) groups excluding carboxylic acids is 2. The van der Waals surface area contributed by atoms with Gasteiger partial charge in [-0.15, -0.1) is 0 Å². The molecule has 0 aliphatic carbocycles. The van der Waals surface area contributed by atoms with Crippen molar-refractivity contribution in [2.75, 3.05) is 11.3 Å². The van der Waals surface area contributed by atoms with Crippen LogP contribution in [0.5, 0.6) is 0 Å². The van der Waals surface area contributed by atoms with E-state index in [0.29, 0.717) is 5.69 Å². The highest BCUT2D eigenvalue weighted by molar-refractivity contribution is 9.10. The van der Waals surface area contributed by atoms with E-state index in [1.807, 2.05) is 0 Å². The van der Waals surface area contributed by atoms with Gasteiger partial charge in [0, 0.05) is 16.2 Å². The molecule has 2 N–H and O–H groups in total. The van der Waals surface area contributed by atoms with Crippen LogP contribution in [0.2, 0.25) is 5.02 Å². The lowest BCUT2D eigenvalue weighted by Crippen LogP contribution is -2.34. The first-order chi connectivity index (χ1) is 13.1. The van der Waals surface area contributed by atoms with Gasteiger partial charge in [-0.3, -0.25) is 9.52 Å². The summed E-state index contributed by atoms with van der Waals surface area (Å²) in [6.07, 6.45) is 0. The molecule has 0 bridgehead atoms. The van der Waals surface area contributed by atoms with Gasteiger partial charge in [0.2, 0.25) is 0 Å². The zero-order chi connectivity index (χ0) is 20.9. The fraction of sp³-hybridized carbons (Fsp3) is 0.222. The molecule has 1 amide bonds. The van der Waals surface area contributed by atoms with Gasteiger partial charge in [-0.2, -0.15) is 0 Å². The molecule has 150 valence electrons. The van der Waals surface area contributed by atoms with Crippen LogP contribution in [0.25, 0.3) is 0 Å². The molecule has 2 aromatic rings. The zero-order valence-corrected chi connectivity index (χ0v) is 18.2. The molecule has 0 spiro atoms. The average Bonchev–Trinajstić information content (AvgIpc) is 2.61. The first kappa shape index (κ1) is 22.2. The Bertz CT molecular complexity index is 978. The first-order valence-corrected chi connectivity index (χ1v) is 10.8. The van der Waals surface area contributed by atoms with Gasteiger partial charge in [0.05, 0.1) is 15.5 Å². The number of ether oxygens (including phenoxy) is 1. The molecule has 0 aliphatic rings. The average molecular weight is 490 g/mol. The van der Waals surface area contributed by atoms with Crippen molar-refractivity contribution in [2.45, 2.75) is 24.8 Å². The summed E-state index contributed by atoms with van der Waals surface area (Å²) in [7, 11) is -3.96. The fourth-order valence-corrected chi connectivity index (χ4v) is 3.68. The topological polar surface area (TPSA) is 102 Å². The molecule has 0 radical (unpaired) electrons. The highest BCUT2D eigenvalue weighted by Gasteiger charge is 2.20. The second-order valence-electron chi connectivity index (χ2n) is 6.05. The van der Waals surface area contributed by atoms with Crippen molar-refractivity contribution in [3.05, 3.63) is 57.5 Å². The minimum absolute atomic E-state index is 0.0110. The second-order valence-corrected chi connectivity index (χ2v) is 9.06. The highest BCUT2D eigenvalue weighted by atomic mass is 79.9. The molecule has 2 aromatic carbocycles. The number of halogens is 2. The molecule has 28 heavy (non-hydrogen) atoms. The number of hydrogen-bond acceptors (Lipinski definition) is 5. The number of carbonyl (C=O) groups is 2. The molecule has 0 heterocycles. The van der Waals surface area contributed by atoms with Crippen LogP contribution >= 0.6 is 27.5 Å². The summed E-state index contributed by atoms with van der Waals surface area (Å²) in [5.74, 6) is -1.37. The quantitative estimate of drug-likeness (QED) is 0.579. The minimum Gasteiger partial charge on any atom is -0.452 e. The predicted molar refractivity (Wildman–Crippen MR) is 110 cm³/mol. The van der Waals surface area contributed by atoms with Crippen LogP contribution in [0.1, 0.15) is 24.2 Å². The number of esters is 1. The molecule has 0 saturated heterocycles. The molecular weight excluding hydrogens is 472 g/mol. The highest BCUT2D eigenvalue weighted by Crippen LogP contribution is 2.24. The maximum atomic E-state index is 12.6. The third-order valence-electron chi connectivity index (χ3n) is 3.35. The van der Waals surface area contributed by atoms with Gasteiger partial charge in [0.1, 0.15) is 0 Å². The number of rotatable bonds is 7. The molecule has 0 unspecified atom stereocenters. The maximum Gasteiger partial charge on any atom is 0.340 e. The maximum absolute atomic E-state index is 12.6.